The number of hydrogen-bond donors (Lipinski definition) is 0. The fourth-order valence-electron chi connectivity index (χ4n) is 3.84. The lowest BCUT2D eigenvalue weighted by Gasteiger charge is -2.39. The fourth-order valence-corrected chi connectivity index (χ4v) is 3.84. The molecule has 0 radical (unpaired) electrons. The summed E-state index contributed by atoms with van der Waals surface area (Å²) in [6, 6.07) is 0. The van der Waals surface area contributed by atoms with Crippen molar-refractivity contribution in [2.24, 2.45) is 5.92 Å². The Kier molecular flexibility index (Phi) is 3.97. The standard InChI is InChI=1S/C16H26N4O2/c1-11-8-16(3,4)20(15(11)21)10-19-7-5-6-13(9-19)14-17-12(2)18-22-14/h11,13H,5-10H2,1-4H3. The van der Waals surface area contributed by atoms with Crippen molar-refractivity contribution in [1.29, 1.82) is 0 Å². The second-order valence-corrected chi connectivity index (χ2v) is 7.42. The minimum absolute atomic E-state index is 0.0511. The van der Waals surface area contributed by atoms with Gasteiger partial charge in [0.15, 0.2) is 5.82 Å². The second kappa shape index (κ2) is 5.65. The zero-order valence-electron chi connectivity index (χ0n) is 14.0. The molecule has 2 unspecified atom stereocenters. The molecular weight excluding hydrogens is 280 g/mol. The molecule has 1 aromatic rings. The van der Waals surface area contributed by atoms with Crippen LogP contribution in [0, 0.1) is 12.8 Å². The Morgan fingerprint density at radius 3 is 2.77 bits per heavy atom. The predicted octanol–water partition coefficient (Wildman–Crippen LogP) is 2.16. The van der Waals surface area contributed by atoms with E-state index in [2.05, 4.69) is 28.9 Å². The summed E-state index contributed by atoms with van der Waals surface area (Å²) in [6.45, 7) is 10.8. The molecule has 0 bridgehead atoms. The highest BCUT2D eigenvalue weighted by atomic mass is 16.5. The summed E-state index contributed by atoms with van der Waals surface area (Å²) < 4.78 is 5.33. The van der Waals surface area contributed by atoms with Gasteiger partial charge in [-0.25, -0.2) is 0 Å². The molecule has 0 aromatic carbocycles. The molecular formula is C16H26N4O2. The number of nitrogens with zero attached hydrogens (tertiary/aromatic N) is 4. The second-order valence-electron chi connectivity index (χ2n) is 7.42. The van der Waals surface area contributed by atoms with E-state index in [9.17, 15) is 4.79 Å². The first-order chi connectivity index (χ1) is 10.4. The number of aromatic nitrogens is 2. The van der Waals surface area contributed by atoms with E-state index in [0.29, 0.717) is 12.5 Å². The van der Waals surface area contributed by atoms with Crippen LogP contribution >= 0.6 is 0 Å². The molecule has 2 saturated heterocycles. The number of carbonyl (C=O) groups excluding carboxylic acids is 1. The van der Waals surface area contributed by atoms with Crippen LogP contribution < -0.4 is 0 Å². The Morgan fingerprint density at radius 2 is 2.18 bits per heavy atom. The van der Waals surface area contributed by atoms with E-state index in [0.717, 1.165) is 38.2 Å². The lowest BCUT2D eigenvalue weighted by Crippen LogP contribution is -2.50. The number of rotatable bonds is 3. The minimum atomic E-state index is -0.0511. The average molecular weight is 306 g/mol. The number of hydrogen-bond acceptors (Lipinski definition) is 5. The summed E-state index contributed by atoms with van der Waals surface area (Å²) in [6.07, 6.45) is 3.11. The quantitative estimate of drug-likeness (QED) is 0.856. The molecule has 6 nitrogen and oxygen atoms in total. The van der Waals surface area contributed by atoms with Gasteiger partial charge in [-0.05, 0) is 46.6 Å². The summed E-state index contributed by atoms with van der Waals surface area (Å²) >= 11 is 0. The van der Waals surface area contributed by atoms with Crippen LogP contribution in [0.15, 0.2) is 4.52 Å². The number of likely N-dealkylation sites (tertiary alicyclic amines) is 2. The van der Waals surface area contributed by atoms with Crippen LogP contribution in [-0.4, -0.2) is 51.1 Å². The molecule has 0 aliphatic carbocycles. The Morgan fingerprint density at radius 1 is 1.41 bits per heavy atom. The van der Waals surface area contributed by atoms with E-state index in [4.69, 9.17) is 4.52 Å². The third-order valence-electron chi connectivity index (χ3n) is 4.96. The van der Waals surface area contributed by atoms with Crippen molar-refractivity contribution in [2.75, 3.05) is 19.8 Å². The molecule has 1 amide bonds. The van der Waals surface area contributed by atoms with Crippen LogP contribution in [0.25, 0.3) is 0 Å². The van der Waals surface area contributed by atoms with Crippen LogP contribution in [0.1, 0.15) is 57.7 Å². The molecule has 2 atom stereocenters. The van der Waals surface area contributed by atoms with Crippen LogP contribution in [-0.2, 0) is 4.79 Å². The van der Waals surface area contributed by atoms with Crippen molar-refractivity contribution >= 4 is 5.91 Å². The monoisotopic (exact) mass is 306 g/mol. The van der Waals surface area contributed by atoms with Crippen molar-refractivity contribution in [3.8, 4) is 0 Å². The Bertz CT molecular complexity index is 554. The molecule has 2 fully saturated rings. The van der Waals surface area contributed by atoms with E-state index in [1.54, 1.807) is 0 Å². The molecule has 0 N–H and O–H groups in total. The largest absolute Gasteiger partial charge is 0.339 e. The number of carbonyl (C=O) groups is 1. The Hall–Kier alpha value is -1.43. The predicted molar refractivity (Wildman–Crippen MR) is 82.2 cm³/mol. The number of aryl methyl sites for hydroxylation is 1. The summed E-state index contributed by atoms with van der Waals surface area (Å²) in [5, 5.41) is 3.90. The van der Waals surface area contributed by atoms with Gasteiger partial charge in [-0.15, -0.1) is 0 Å². The Balaban J connectivity index is 1.67. The summed E-state index contributed by atoms with van der Waals surface area (Å²) in [7, 11) is 0. The summed E-state index contributed by atoms with van der Waals surface area (Å²) in [5.74, 6) is 2.13. The lowest BCUT2D eigenvalue weighted by atomic mass is 9.97. The van der Waals surface area contributed by atoms with Crippen LogP contribution in [0.2, 0.25) is 0 Å². The van der Waals surface area contributed by atoms with Gasteiger partial charge in [-0.2, -0.15) is 4.98 Å². The summed E-state index contributed by atoms with van der Waals surface area (Å²) in [4.78, 5) is 21.2. The maximum atomic E-state index is 12.4. The maximum absolute atomic E-state index is 12.4. The molecule has 0 spiro atoms. The smallest absolute Gasteiger partial charge is 0.231 e. The first kappa shape index (κ1) is 15.5. The highest BCUT2D eigenvalue weighted by molar-refractivity contribution is 5.81. The Labute approximate surface area is 131 Å². The molecule has 2 aliphatic rings. The van der Waals surface area contributed by atoms with Crippen molar-refractivity contribution in [1.82, 2.24) is 19.9 Å². The van der Waals surface area contributed by atoms with Crippen molar-refractivity contribution in [3.63, 3.8) is 0 Å². The molecule has 3 rings (SSSR count). The van der Waals surface area contributed by atoms with Crippen molar-refractivity contribution in [3.05, 3.63) is 11.7 Å². The van der Waals surface area contributed by atoms with Gasteiger partial charge in [0, 0.05) is 18.0 Å². The SMILES string of the molecule is Cc1noc(C2CCCN(CN3C(=O)C(C)CC3(C)C)C2)n1. The van der Waals surface area contributed by atoms with Gasteiger partial charge in [0.1, 0.15) is 0 Å². The highest BCUT2D eigenvalue weighted by Crippen LogP contribution is 2.34. The van der Waals surface area contributed by atoms with Crippen molar-refractivity contribution in [2.45, 2.75) is 58.4 Å². The topological polar surface area (TPSA) is 62.5 Å². The molecule has 6 heteroatoms. The van der Waals surface area contributed by atoms with Gasteiger partial charge in [0.2, 0.25) is 11.8 Å². The van der Waals surface area contributed by atoms with Gasteiger partial charge in [-0.3, -0.25) is 9.69 Å². The van der Waals surface area contributed by atoms with Gasteiger partial charge < -0.3 is 9.42 Å². The van der Waals surface area contributed by atoms with Gasteiger partial charge in [0.25, 0.3) is 0 Å². The normalized spacial score (nSPS) is 29.3. The van der Waals surface area contributed by atoms with Crippen molar-refractivity contribution < 1.29 is 9.32 Å². The molecule has 1 aromatic heterocycles. The van der Waals surface area contributed by atoms with E-state index < -0.39 is 0 Å². The van der Waals surface area contributed by atoms with E-state index in [1.165, 1.54) is 0 Å². The summed E-state index contributed by atoms with van der Waals surface area (Å²) in [5.41, 5.74) is -0.0511. The highest BCUT2D eigenvalue weighted by Gasteiger charge is 2.43. The molecule has 0 saturated carbocycles. The first-order valence-electron chi connectivity index (χ1n) is 8.21. The first-order valence-corrected chi connectivity index (χ1v) is 8.21. The fraction of sp³-hybridized carbons (Fsp3) is 0.812. The number of piperidine rings is 1. The van der Waals surface area contributed by atoms with Gasteiger partial charge in [0.05, 0.1) is 12.6 Å². The molecule has 2 aliphatic heterocycles. The van der Waals surface area contributed by atoms with Gasteiger partial charge in [-0.1, -0.05) is 12.1 Å². The third-order valence-corrected chi connectivity index (χ3v) is 4.96. The van der Waals surface area contributed by atoms with Crippen LogP contribution in [0.3, 0.4) is 0 Å². The average Bonchev–Trinajstić information content (AvgIpc) is 2.97. The maximum Gasteiger partial charge on any atom is 0.231 e. The molecule has 122 valence electrons. The third kappa shape index (κ3) is 2.89. The lowest BCUT2D eigenvalue weighted by molar-refractivity contribution is -0.135. The molecule has 22 heavy (non-hydrogen) atoms. The van der Waals surface area contributed by atoms with Crippen LogP contribution in [0.4, 0.5) is 0 Å². The van der Waals surface area contributed by atoms with Crippen LogP contribution in [0.5, 0.6) is 0 Å². The van der Waals surface area contributed by atoms with E-state index >= 15 is 0 Å². The zero-order valence-corrected chi connectivity index (χ0v) is 14.0. The van der Waals surface area contributed by atoms with E-state index in [1.807, 2.05) is 18.7 Å². The van der Waals surface area contributed by atoms with Gasteiger partial charge >= 0.3 is 0 Å². The molecule has 3 heterocycles. The number of amides is 1. The van der Waals surface area contributed by atoms with E-state index in [-0.39, 0.29) is 23.3 Å². The minimum Gasteiger partial charge on any atom is -0.339 e. The zero-order chi connectivity index (χ0) is 15.9.